The third-order valence-electron chi connectivity index (χ3n) is 4.62. The van der Waals surface area contributed by atoms with Gasteiger partial charge in [0.05, 0.1) is 39.6 Å². The van der Waals surface area contributed by atoms with Gasteiger partial charge in [0.2, 0.25) is 0 Å². The van der Waals surface area contributed by atoms with E-state index >= 15 is 0 Å². The monoisotopic (exact) mass is 531 g/mol. The van der Waals surface area contributed by atoms with Crippen molar-refractivity contribution in [1.29, 1.82) is 0 Å². The molecule has 154 valence electrons. The van der Waals surface area contributed by atoms with E-state index in [9.17, 15) is 4.79 Å². The van der Waals surface area contributed by atoms with Crippen LogP contribution >= 0.6 is 31.9 Å². The van der Waals surface area contributed by atoms with Crippen molar-refractivity contribution in [3.05, 3.63) is 86.2 Å². The first kappa shape index (κ1) is 20.6. The van der Waals surface area contributed by atoms with E-state index in [-0.39, 0.29) is 11.7 Å². The quantitative estimate of drug-likeness (QED) is 0.372. The predicted molar refractivity (Wildman–Crippen MR) is 121 cm³/mol. The van der Waals surface area contributed by atoms with Crippen molar-refractivity contribution >= 4 is 43.5 Å². The predicted octanol–water partition coefficient (Wildman–Crippen LogP) is 5.16. The van der Waals surface area contributed by atoms with Gasteiger partial charge in [-0.1, -0.05) is 12.1 Å². The minimum atomic E-state index is -0.296. The molecule has 0 fully saturated rings. The van der Waals surface area contributed by atoms with Crippen molar-refractivity contribution < 1.29 is 9.21 Å². The highest BCUT2D eigenvalue weighted by molar-refractivity contribution is 9.10. The van der Waals surface area contributed by atoms with Gasteiger partial charge in [-0.05, 0) is 75.5 Å². The van der Waals surface area contributed by atoms with Crippen LogP contribution in [0.1, 0.15) is 33.3 Å². The molecule has 1 amide bonds. The first-order valence-electron chi connectivity index (χ1n) is 9.25. The van der Waals surface area contributed by atoms with Crippen molar-refractivity contribution in [1.82, 2.24) is 19.6 Å². The topological polar surface area (TPSA) is 77.9 Å². The first-order chi connectivity index (χ1) is 14.4. The number of nitrogens with one attached hydrogen (secondary N) is 1. The van der Waals surface area contributed by atoms with Gasteiger partial charge in [0.15, 0.2) is 5.76 Å². The average Bonchev–Trinajstić information content (AvgIpc) is 3.40. The number of halogens is 2. The number of carbonyl (C=O) groups is 1. The molecule has 4 rings (SSSR count). The fraction of sp³-hybridized carbons (Fsp3) is 0.190. The van der Waals surface area contributed by atoms with E-state index in [0.717, 1.165) is 25.9 Å². The molecule has 1 N–H and O–H groups in total. The van der Waals surface area contributed by atoms with E-state index in [0.29, 0.717) is 24.5 Å². The number of amides is 1. The van der Waals surface area contributed by atoms with Crippen LogP contribution in [0.25, 0.3) is 0 Å². The number of furan rings is 1. The van der Waals surface area contributed by atoms with E-state index in [2.05, 4.69) is 47.4 Å². The van der Waals surface area contributed by atoms with Crippen molar-refractivity contribution in [3.8, 4) is 0 Å². The summed E-state index contributed by atoms with van der Waals surface area (Å²) in [4.78, 5) is 12.6. The highest BCUT2D eigenvalue weighted by Crippen LogP contribution is 2.21. The lowest BCUT2D eigenvalue weighted by Gasteiger charge is -2.07. The molecule has 0 aliphatic heterocycles. The molecular formula is C21H19Br2N5O2. The highest BCUT2D eigenvalue weighted by atomic mass is 79.9. The van der Waals surface area contributed by atoms with Crippen LogP contribution in [0.15, 0.2) is 62.2 Å². The molecule has 7 nitrogen and oxygen atoms in total. The van der Waals surface area contributed by atoms with Gasteiger partial charge in [0.1, 0.15) is 5.76 Å². The Hall–Kier alpha value is -2.65. The molecule has 0 saturated carbocycles. The molecule has 0 unspecified atom stereocenters. The summed E-state index contributed by atoms with van der Waals surface area (Å²) in [5.74, 6) is 0.623. The van der Waals surface area contributed by atoms with Crippen LogP contribution in [0.4, 0.5) is 5.69 Å². The Morgan fingerprint density at radius 3 is 2.70 bits per heavy atom. The van der Waals surface area contributed by atoms with Gasteiger partial charge in [-0.3, -0.25) is 14.2 Å². The minimum absolute atomic E-state index is 0.256. The van der Waals surface area contributed by atoms with Gasteiger partial charge >= 0.3 is 0 Å². The lowest BCUT2D eigenvalue weighted by Crippen LogP contribution is -2.11. The second-order valence-electron chi connectivity index (χ2n) is 6.92. The summed E-state index contributed by atoms with van der Waals surface area (Å²) in [5, 5.41) is 11.6. The maximum absolute atomic E-state index is 12.6. The minimum Gasteiger partial charge on any atom is -0.454 e. The molecule has 0 aliphatic carbocycles. The Bertz CT molecular complexity index is 1210. The first-order valence-corrected chi connectivity index (χ1v) is 10.8. The summed E-state index contributed by atoms with van der Waals surface area (Å²) < 4.78 is 11.3. The zero-order valence-corrected chi connectivity index (χ0v) is 19.6. The average molecular weight is 533 g/mol. The molecule has 0 bridgehead atoms. The number of anilines is 1. The van der Waals surface area contributed by atoms with Crippen LogP contribution in [-0.4, -0.2) is 25.5 Å². The van der Waals surface area contributed by atoms with Gasteiger partial charge in [0.25, 0.3) is 5.91 Å². The smallest absolute Gasteiger partial charge is 0.291 e. The van der Waals surface area contributed by atoms with Crippen LogP contribution in [0.2, 0.25) is 0 Å². The number of nitrogens with zero attached hydrogens (tertiary/aromatic N) is 4. The number of aromatic nitrogens is 4. The number of benzene rings is 1. The van der Waals surface area contributed by atoms with Crippen molar-refractivity contribution in [3.63, 3.8) is 0 Å². The van der Waals surface area contributed by atoms with E-state index in [4.69, 9.17) is 4.42 Å². The Labute approximate surface area is 190 Å². The van der Waals surface area contributed by atoms with Crippen molar-refractivity contribution in [2.45, 2.75) is 26.9 Å². The summed E-state index contributed by atoms with van der Waals surface area (Å²) in [6.45, 7) is 4.99. The van der Waals surface area contributed by atoms with E-state index < -0.39 is 0 Å². The van der Waals surface area contributed by atoms with Gasteiger partial charge in [-0.15, -0.1) is 0 Å². The maximum Gasteiger partial charge on any atom is 0.291 e. The molecule has 0 spiro atoms. The number of carbonyl (C=O) groups excluding carboxylic acids is 1. The number of aryl methyl sites for hydroxylation is 1. The third-order valence-corrected chi connectivity index (χ3v) is 6.17. The highest BCUT2D eigenvalue weighted by Gasteiger charge is 2.14. The molecule has 0 radical (unpaired) electrons. The SMILES string of the molecule is Cc1nn(Cc2ccc(C(=O)Nc3cccc(Cn4cc(Br)cn4)c3)o2)c(C)c1Br. The van der Waals surface area contributed by atoms with E-state index in [1.807, 2.05) is 53.7 Å². The molecule has 4 aromatic rings. The van der Waals surface area contributed by atoms with Gasteiger partial charge in [-0.2, -0.15) is 10.2 Å². The molecule has 9 heteroatoms. The standard InChI is InChI=1S/C21H19Br2N5O2/c1-13-20(23)14(2)28(26-13)12-18-6-7-19(30-18)21(29)25-17-5-3-4-15(8-17)10-27-11-16(22)9-24-27/h3-9,11H,10,12H2,1-2H3,(H,25,29). The lowest BCUT2D eigenvalue weighted by molar-refractivity contribution is 0.0994. The summed E-state index contributed by atoms with van der Waals surface area (Å²) in [6.07, 6.45) is 3.64. The molecule has 3 heterocycles. The molecule has 30 heavy (non-hydrogen) atoms. The Balaban J connectivity index is 1.43. The maximum atomic E-state index is 12.6. The fourth-order valence-corrected chi connectivity index (χ4v) is 3.73. The lowest BCUT2D eigenvalue weighted by atomic mass is 10.2. The Morgan fingerprint density at radius 2 is 2.00 bits per heavy atom. The van der Waals surface area contributed by atoms with Crippen molar-refractivity contribution in [2.75, 3.05) is 5.32 Å². The molecule has 1 aromatic carbocycles. The second-order valence-corrected chi connectivity index (χ2v) is 8.63. The number of rotatable bonds is 6. The molecule has 0 aliphatic rings. The zero-order chi connectivity index (χ0) is 21.3. The summed E-state index contributed by atoms with van der Waals surface area (Å²) >= 11 is 6.91. The van der Waals surface area contributed by atoms with E-state index in [1.165, 1.54) is 0 Å². The number of hydrogen-bond donors (Lipinski definition) is 1. The Morgan fingerprint density at radius 1 is 1.17 bits per heavy atom. The van der Waals surface area contributed by atoms with E-state index in [1.54, 1.807) is 18.3 Å². The summed E-state index contributed by atoms with van der Waals surface area (Å²) in [6, 6.07) is 11.1. The van der Waals surface area contributed by atoms with Gasteiger partial charge < -0.3 is 9.73 Å². The molecule has 3 aromatic heterocycles. The van der Waals surface area contributed by atoms with Gasteiger partial charge in [-0.25, -0.2) is 0 Å². The number of hydrogen-bond acceptors (Lipinski definition) is 4. The van der Waals surface area contributed by atoms with Crippen LogP contribution < -0.4 is 5.32 Å². The zero-order valence-electron chi connectivity index (χ0n) is 16.4. The summed E-state index contributed by atoms with van der Waals surface area (Å²) in [5.41, 5.74) is 3.65. The van der Waals surface area contributed by atoms with Crippen LogP contribution in [0.3, 0.4) is 0 Å². The summed E-state index contributed by atoms with van der Waals surface area (Å²) in [7, 11) is 0. The normalized spacial score (nSPS) is 11.1. The fourth-order valence-electron chi connectivity index (χ4n) is 3.11. The van der Waals surface area contributed by atoms with Crippen LogP contribution in [0, 0.1) is 13.8 Å². The molecular weight excluding hydrogens is 514 g/mol. The molecule has 0 saturated heterocycles. The van der Waals surface area contributed by atoms with Crippen LogP contribution in [0.5, 0.6) is 0 Å². The van der Waals surface area contributed by atoms with Gasteiger partial charge in [0, 0.05) is 11.9 Å². The Kier molecular flexibility index (Phi) is 5.92. The largest absolute Gasteiger partial charge is 0.454 e. The van der Waals surface area contributed by atoms with Crippen molar-refractivity contribution in [2.24, 2.45) is 0 Å². The second kappa shape index (κ2) is 8.61. The molecule has 0 atom stereocenters. The van der Waals surface area contributed by atoms with Crippen LogP contribution in [-0.2, 0) is 13.1 Å². The third kappa shape index (κ3) is 4.57.